The SMILES string of the molecule is N#Cc1cc(NC(=O)C2CCCCO2)ccc1F. The molecule has 2 rings (SSSR count). The number of rotatable bonds is 2. The molecule has 0 radical (unpaired) electrons. The molecule has 1 saturated heterocycles. The maximum Gasteiger partial charge on any atom is 0.253 e. The monoisotopic (exact) mass is 248 g/mol. The highest BCUT2D eigenvalue weighted by molar-refractivity contribution is 5.94. The van der Waals surface area contributed by atoms with Gasteiger partial charge in [0.15, 0.2) is 0 Å². The Kier molecular flexibility index (Phi) is 3.90. The van der Waals surface area contributed by atoms with E-state index in [9.17, 15) is 9.18 Å². The first-order valence-corrected chi connectivity index (χ1v) is 5.83. The maximum absolute atomic E-state index is 13.1. The number of nitriles is 1. The summed E-state index contributed by atoms with van der Waals surface area (Å²) >= 11 is 0. The molecular weight excluding hydrogens is 235 g/mol. The first kappa shape index (κ1) is 12.5. The predicted molar refractivity (Wildman–Crippen MR) is 63.3 cm³/mol. The first-order chi connectivity index (χ1) is 8.70. The molecule has 1 atom stereocenters. The van der Waals surface area contributed by atoms with E-state index in [0.29, 0.717) is 18.7 Å². The van der Waals surface area contributed by atoms with E-state index >= 15 is 0 Å². The average molecular weight is 248 g/mol. The minimum absolute atomic E-state index is 0.0858. The number of nitrogens with one attached hydrogen (secondary N) is 1. The summed E-state index contributed by atoms with van der Waals surface area (Å²) in [7, 11) is 0. The van der Waals surface area contributed by atoms with Crippen LogP contribution in [0.2, 0.25) is 0 Å². The van der Waals surface area contributed by atoms with Crippen LogP contribution in [-0.2, 0) is 9.53 Å². The molecule has 1 N–H and O–H groups in total. The molecule has 1 aromatic rings. The zero-order chi connectivity index (χ0) is 13.0. The fourth-order valence-corrected chi connectivity index (χ4v) is 1.86. The van der Waals surface area contributed by atoms with Crippen LogP contribution < -0.4 is 5.32 Å². The molecule has 1 aliphatic heterocycles. The topological polar surface area (TPSA) is 62.1 Å². The minimum Gasteiger partial charge on any atom is -0.368 e. The van der Waals surface area contributed by atoms with Gasteiger partial charge in [-0.3, -0.25) is 4.79 Å². The number of carbonyl (C=O) groups is 1. The molecule has 5 heteroatoms. The Hall–Kier alpha value is -1.93. The lowest BCUT2D eigenvalue weighted by Crippen LogP contribution is -2.33. The van der Waals surface area contributed by atoms with Gasteiger partial charge in [0.1, 0.15) is 18.0 Å². The van der Waals surface area contributed by atoms with Gasteiger partial charge < -0.3 is 10.1 Å². The average Bonchev–Trinajstić information content (AvgIpc) is 2.42. The van der Waals surface area contributed by atoms with Crippen molar-refractivity contribution < 1.29 is 13.9 Å². The minimum atomic E-state index is -0.593. The van der Waals surface area contributed by atoms with E-state index in [1.807, 2.05) is 0 Å². The van der Waals surface area contributed by atoms with Gasteiger partial charge in [0.05, 0.1) is 5.56 Å². The molecule has 4 nitrogen and oxygen atoms in total. The largest absolute Gasteiger partial charge is 0.368 e. The third kappa shape index (κ3) is 2.84. The molecule has 0 saturated carbocycles. The maximum atomic E-state index is 13.1. The number of ether oxygens (including phenoxy) is 1. The molecule has 94 valence electrons. The van der Waals surface area contributed by atoms with E-state index in [1.165, 1.54) is 12.1 Å². The Morgan fingerprint density at radius 1 is 1.50 bits per heavy atom. The van der Waals surface area contributed by atoms with Crippen LogP contribution in [0.15, 0.2) is 18.2 Å². The van der Waals surface area contributed by atoms with E-state index in [-0.39, 0.29) is 11.5 Å². The summed E-state index contributed by atoms with van der Waals surface area (Å²) in [5, 5.41) is 11.3. The smallest absolute Gasteiger partial charge is 0.253 e. The van der Waals surface area contributed by atoms with Gasteiger partial charge in [-0.2, -0.15) is 5.26 Å². The Balaban J connectivity index is 2.05. The van der Waals surface area contributed by atoms with Crippen molar-refractivity contribution in [3.8, 4) is 6.07 Å². The number of nitrogens with zero attached hydrogens (tertiary/aromatic N) is 1. The number of benzene rings is 1. The van der Waals surface area contributed by atoms with Crippen molar-refractivity contribution in [3.63, 3.8) is 0 Å². The van der Waals surface area contributed by atoms with Crippen molar-refractivity contribution in [3.05, 3.63) is 29.6 Å². The van der Waals surface area contributed by atoms with Crippen molar-refractivity contribution in [2.45, 2.75) is 25.4 Å². The van der Waals surface area contributed by atoms with Gasteiger partial charge in [-0.25, -0.2) is 4.39 Å². The van der Waals surface area contributed by atoms with E-state index < -0.39 is 11.9 Å². The highest BCUT2D eigenvalue weighted by atomic mass is 19.1. The number of anilines is 1. The van der Waals surface area contributed by atoms with Gasteiger partial charge in [0.25, 0.3) is 5.91 Å². The fraction of sp³-hybridized carbons (Fsp3) is 0.385. The second-order valence-electron chi connectivity index (χ2n) is 4.15. The molecule has 0 spiro atoms. The lowest BCUT2D eigenvalue weighted by Gasteiger charge is -2.21. The lowest BCUT2D eigenvalue weighted by molar-refractivity contribution is -0.129. The van der Waals surface area contributed by atoms with E-state index in [4.69, 9.17) is 10.00 Å². The van der Waals surface area contributed by atoms with Crippen LogP contribution in [0, 0.1) is 17.1 Å². The van der Waals surface area contributed by atoms with Gasteiger partial charge in [-0.15, -0.1) is 0 Å². The van der Waals surface area contributed by atoms with Crippen LogP contribution in [0.5, 0.6) is 0 Å². The third-order valence-electron chi connectivity index (χ3n) is 2.83. The van der Waals surface area contributed by atoms with Gasteiger partial charge in [0, 0.05) is 12.3 Å². The standard InChI is InChI=1S/C13H13FN2O2/c14-11-5-4-10(7-9(11)8-15)16-13(17)12-3-1-2-6-18-12/h4-5,7,12H,1-3,6H2,(H,16,17). The fourth-order valence-electron chi connectivity index (χ4n) is 1.86. The van der Waals surface area contributed by atoms with Crippen LogP contribution in [0.3, 0.4) is 0 Å². The van der Waals surface area contributed by atoms with E-state index in [1.54, 1.807) is 6.07 Å². The van der Waals surface area contributed by atoms with Gasteiger partial charge in [-0.05, 0) is 37.5 Å². The van der Waals surface area contributed by atoms with Crippen molar-refractivity contribution in [2.75, 3.05) is 11.9 Å². The molecule has 1 aromatic carbocycles. The van der Waals surface area contributed by atoms with Crippen molar-refractivity contribution in [1.82, 2.24) is 0 Å². The number of halogens is 1. The van der Waals surface area contributed by atoms with Crippen LogP contribution in [0.25, 0.3) is 0 Å². The molecule has 0 aliphatic carbocycles. The van der Waals surface area contributed by atoms with Crippen molar-refractivity contribution >= 4 is 11.6 Å². The number of amides is 1. The number of carbonyl (C=O) groups excluding carboxylic acids is 1. The Bertz CT molecular complexity index is 490. The van der Waals surface area contributed by atoms with Crippen molar-refractivity contribution in [1.29, 1.82) is 5.26 Å². The molecule has 1 fully saturated rings. The molecule has 18 heavy (non-hydrogen) atoms. The number of hydrogen-bond donors (Lipinski definition) is 1. The highest BCUT2D eigenvalue weighted by Crippen LogP contribution is 2.17. The Labute approximate surface area is 104 Å². The molecule has 0 aromatic heterocycles. The molecule has 1 unspecified atom stereocenters. The second-order valence-corrected chi connectivity index (χ2v) is 4.15. The number of hydrogen-bond acceptors (Lipinski definition) is 3. The Morgan fingerprint density at radius 3 is 3.00 bits per heavy atom. The van der Waals surface area contributed by atoms with Crippen LogP contribution in [0.1, 0.15) is 24.8 Å². The summed E-state index contributed by atoms with van der Waals surface area (Å²) in [6.07, 6.45) is 2.18. The summed E-state index contributed by atoms with van der Waals surface area (Å²) in [5.74, 6) is -0.838. The normalized spacial score (nSPS) is 19.0. The molecule has 1 amide bonds. The zero-order valence-electron chi connectivity index (χ0n) is 9.78. The van der Waals surface area contributed by atoms with E-state index in [0.717, 1.165) is 18.9 Å². The summed E-state index contributed by atoms with van der Waals surface area (Å²) in [6, 6.07) is 5.64. The highest BCUT2D eigenvalue weighted by Gasteiger charge is 2.22. The van der Waals surface area contributed by atoms with Gasteiger partial charge >= 0.3 is 0 Å². The molecule has 0 bridgehead atoms. The first-order valence-electron chi connectivity index (χ1n) is 5.83. The molecule has 1 aliphatic rings. The van der Waals surface area contributed by atoms with Gasteiger partial charge in [-0.1, -0.05) is 0 Å². The molecule has 1 heterocycles. The lowest BCUT2D eigenvalue weighted by atomic mass is 10.1. The summed E-state index contributed by atoms with van der Waals surface area (Å²) in [4.78, 5) is 11.8. The Morgan fingerprint density at radius 2 is 2.33 bits per heavy atom. The quantitative estimate of drug-likeness (QED) is 0.872. The van der Waals surface area contributed by atoms with Crippen LogP contribution >= 0.6 is 0 Å². The summed E-state index contributed by atoms with van der Waals surface area (Å²) in [5.41, 5.74) is 0.324. The third-order valence-corrected chi connectivity index (χ3v) is 2.83. The summed E-state index contributed by atoms with van der Waals surface area (Å²) in [6.45, 7) is 0.588. The van der Waals surface area contributed by atoms with Crippen molar-refractivity contribution in [2.24, 2.45) is 0 Å². The second kappa shape index (κ2) is 5.61. The van der Waals surface area contributed by atoms with Crippen LogP contribution in [0.4, 0.5) is 10.1 Å². The van der Waals surface area contributed by atoms with Crippen LogP contribution in [-0.4, -0.2) is 18.6 Å². The predicted octanol–water partition coefficient (Wildman–Crippen LogP) is 2.20. The zero-order valence-corrected chi connectivity index (χ0v) is 9.78. The van der Waals surface area contributed by atoms with E-state index in [2.05, 4.69) is 5.32 Å². The molecular formula is C13H13FN2O2. The summed E-state index contributed by atoms with van der Waals surface area (Å²) < 4.78 is 18.4. The van der Waals surface area contributed by atoms with Gasteiger partial charge in [0.2, 0.25) is 0 Å².